The highest BCUT2D eigenvalue weighted by atomic mass is 35.5. The van der Waals surface area contributed by atoms with Crippen molar-refractivity contribution in [2.75, 3.05) is 50.1 Å². The zero-order valence-corrected chi connectivity index (χ0v) is 22.1. The number of piperazine rings is 1. The van der Waals surface area contributed by atoms with Crippen LogP contribution in [-0.4, -0.2) is 76.2 Å². The number of nitrogens with zero attached hydrogens (tertiary/aromatic N) is 6. The number of primary sulfonamides is 1. The van der Waals surface area contributed by atoms with Gasteiger partial charge in [0.2, 0.25) is 26.0 Å². The summed E-state index contributed by atoms with van der Waals surface area (Å²) < 4.78 is 66.6. The van der Waals surface area contributed by atoms with Crippen LogP contribution in [0, 0.1) is 5.82 Å². The van der Waals surface area contributed by atoms with E-state index in [2.05, 4.69) is 10.1 Å². The molecule has 0 atom stereocenters. The summed E-state index contributed by atoms with van der Waals surface area (Å²) in [5.41, 5.74) is 0.429. The maximum absolute atomic E-state index is 14.3. The van der Waals surface area contributed by atoms with Gasteiger partial charge in [0.1, 0.15) is 5.82 Å². The summed E-state index contributed by atoms with van der Waals surface area (Å²) in [5.74, 6) is 0.0564. The molecule has 1 saturated heterocycles. The van der Waals surface area contributed by atoms with E-state index >= 15 is 0 Å². The molecule has 11 nitrogen and oxygen atoms in total. The Kier molecular flexibility index (Phi) is 7.00. The summed E-state index contributed by atoms with van der Waals surface area (Å²) in [5, 5.41) is 10.1. The fraction of sp³-hybridized carbons (Fsp3) is 0.333. The average molecular weight is 558 g/mol. The van der Waals surface area contributed by atoms with Crippen molar-refractivity contribution in [2.45, 2.75) is 9.79 Å². The van der Waals surface area contributed by atoms with Crippen molar-refractivity contribution in [3.8, 4) is 11.4 Å². The Bertz CT molecular complexity index is 1520. The minimum atomic E-state index is -4.20. The van der Waals surface area contributed by atoms with Gasteiger partial charge in [0.25, 0.3) is 0 Å². The van der Waals surface area contributed by atoms with Crippen LogP contribution in [0.25, 0.3) is 11.4 Å². The van der Waals surface area contributed by atoms with E-state index in [1.807, 2.05) is 9.80 Å². The molecule has 0 aliphatic carbocycles. The Morgan fingerprint density at radius 1 is 1.00 bits per heavy atom. The Hall–Kier alpha value is -2.78. The Morgan fingerprint density at radius 2 is 1.64 bits per heavy atom. The van der Waals surface area contributed by atoms with Crippen LogP contribution in [0.2, 0.25) is 5.02 Å². The fourth-order valence-corrected chi connectivity index (χ4v) is 5.76. The van der Waals surface area contributed by atoms with Crippen molar-refractivity contribution in [3.05, 3.63) is 47.2 Å². The quantitative estimate of drug-likeness (QED) is 0.482. The molecule has 0 unspecified atom stereocenters. The smallest absolute Gasteiger partial charge is 0.242 e. The molecule has 3 aromatic rings. The second kappa shape index (κ2) is 9.59. The van der Waals surface area contributed by atoms with E-state index in [-0.39, 0.29) is 21.2 Å². The molecule has 36 heavy (non-hydrogen) atoms. The molecule has 1 aliphatic heterocycles. The molecule has 2 aromatic carbocycles. The lowest BCUT2D eigenvalue weighted by molar-refractivity contribution is 0.520. The molecule has 0 spiro atoms. The highest BCUT2D eigenvalue weighted by Gasteiger charge is 2.27. The minimum Gasteiger partial charge on any atom is -0.366 e. The van der Waals surface area contributed by atoms with Gasteiger partial charge in [0.05, 0.1) is 15.5 Å². The zero-order chi connectivity index (χ0) is 26.4. The molecule has 0 amide bonds. The number of benzene rings is 2. The van der Waals surface area contributed by atoms with Crippen LogP contribution in [0.5, 0.6) is 0 Å². The number of aromatic nitrogens is 3. The second-order valence-corrected chi connectivity index (χ2v) is 12.5. The summed E-state index contributed by atoms with van der Waals surface area (Å²) in [4.78, 5) is 7.92. The maximum atomic E-state index is 14.3. The molecule has 4 rings (SSSR count). The van der Waals surface area contributed by atoms with Gasteiger partial charge in [0, 0.05) is 57.9 Å². The summed E-state index contributed by atoms with van der Waals surface area (Å²) in [6.07, 6.45) is 0. The van der Waals surface area contributed by atoms with Crippen LogP contribution < -0.4 is 14.9 Å². The molecular weight excluding hydrogens is 533 g/mol. The minimum absolute atomic E-state index is 0.0125. The molecule has 1 fully saturated rings. The first-order valence-corrected chi connectivity index (χ1v) is 14.1. The number of halogens is 2. The third-order valence-corrected chi connectivity index (χ3v) is 8.85. The Morgan fingerprint density at radius 3 is 2.22 bits per heavy atom. The molecule has 0 bridgehead atoms. The van der Waals surface area contributed by atoms with Crippen LogP contribution in [0.15, 0.2) is 46.2 Å². The molecule has 2 heterocycles. The van der Waals surface area contributed by atoms with Gasteiger partial charge in [0.15, 0.2) is 5.82 Å². The number of rotatable bonds is 6. The van der Waals surface area contributed by atoms with E-state index in [1.165, 1.54) is 37.0 Å². The molecule has 2 N–H and O–H groups in total. The van der Waals surface area contributed by atoms with Gasteiger partial charge in [-0.05, 0) is 36.4 Å². The highest BCUT2D eigenvalue weighted by Crippen LogP contribution is 2.30. The molecule has 0 saturated carbocycles. The van der Waals surface area contributed by atoms with E-state index < -0.39 is 25.9 Å². The number of sulfonamides is 2. The zero-order valence-electron chi connectivity index (χ0n) is 19.8. The van der Waals surface area contributed by atoms with Gasteiger partial charge in [-0.15, -0.1) is 5.10 Å². The fourth-order valence-electron chi connectivity index (χ4n) is 3.95. The predicted molar refractivity (Wildman–Crippen MR) is 135 cm³/mol. The van der Waals surface area contributed by atoms with Gasteiger partial charge >= 0.3 is 0 Å². The first-order chi connectivity index (χ1) is 16.8. The van der Waals surface area contributed by atoms with E-state index in [4.69, 9.17) is 16.7 Å². The third-order valence-electron chi connectivity index (χ3n) is 5.83. The predicted octanol–water partition coefficient (Wildman–Crippen LogP) is 1.50. The standard InChI is InChI=1S/C21H25ClFN7O4S2/c1-27(2)36(33,34)15-5-7-19(35(24,31)32)16(13-15)20-25-21(28(3)26-20)30-10-8-29(9-11-30)18-6-4-14(22)12-17(18)23/h4-7,12-13H,8-11H2,1-3H3,(H2,24,31,32). The van der Waals surface area contributed by atoms with Crippen LogP contribution in [0.3, 0.4) is 0 Å². The van der Waals surface area contributed by atoms with E-state index in [1.54, 1.807) is 19.2 Å². The number of hydrogen-bond acceptors (Lipinski definition) is 8. The molecule has 194 valence electrons. The first-order valence-electron chi connectivity index (χ1n) is 10.7. The number of aryl methyl sites for hydroxylation is 1. The lowest BCUT2D eigenvalue weighted by atomic mass is 10.2. The topological polar surface area (TPSA) is 135 Å². The number of anilines is 2. The second-order valence-electron chi connectivity index (χ2n) is 8.42. The Labute approximate surface area is 214 Å². The third kappa shape index (κ3) is 5.04. The van der Waals surface area contributed by atoms with Crippen LogP contribution in [0.1, 0.15) is 0 Å². The van der Waals surface area contributed by atoms with Crippen molar-refractivity contribution in [1.82, 2.24) is 19.1 Å². The van der Waals surface area contributed by atoms with Crippen molar-refractivity contribution in [3.63, 3.8) is 0 Å². The van der Waals surface area contributed by atoms with Crippen LogP contribution in [0.4, 0.5) is 16.0 Å². The lowest BCUT2D eigenvalue weighted by Crippen LogP contribution is -2.47. The average Bonchev–Trinajstić information content (AvgIpc) is 3.19. The molecule has 1 aromatic heterocycles. The largest absolute Gasteiger partial charge is 0.366 e. The SMILES string of the molecule is CN(C)S(=O)(=O)c1ccc(S(N)(=O)=O)c(-c2nc(N3CCN(c4ccc(Cl)cc4F)CC3)n(C)n2)c1. The summed E-state index contributed by atoms with van der Waals surface area (Å²) in [6, 6.07) is 8.06. The number of hydrogen-bond donors (Lipinski definition) is 1. The first kappa shape index (κ1) is 26.3. The van der Waals surface area contributed by atoms with E-state index in [9.17, 15) is 21.2 Å². The summed E-state index contributed by atoms with van der Waals surface area (Å²) in [6.45, 7) is 1.98. The van der Waals surface area contributed by atoms with Gasteiger partial charge in [-0.1, -0.05) is 11.6 Å². The van der Waals surface area contributed by atoms with E-state index in [0.717, 1.165) is 10.4 Å². The highest BCUT2D eigenvalue weighted by molar-refractivity contribution is 7.89. The normalized spacial score (nSPS) is 15.1. The van der Waals surface area contributed by atoms with Crippen molar-refractivity contribution < 1.29 is 21.2 Å². The molecule has 0 radical (unpaired) electrons. The van der Waals surface area contributed by atoms with Crippen molar-refractivity contribution in [2.24, 2.45) is 12.2 Å². The van der Waals surface area contributed by atoms with Gasteiger partial charge in [-0.2, -0.15) is 4.98 Å². The molecular formula is C21H25ClFN7O4S2. The maximum Gasteiger partial charge on any atom is 0.242 e. The number of nitrogens with two attached hydrogens (primary N) is 1. The van der Waals surface area contributed by atoms with Crippen LogP contribution in [-0.2, 0) is 27.1 Å². The van der Waals surface area contributed by atoms with Gasteiger partial charge in [-0.3, -0.25) is 0 Å². The molecule has 1 aliphatic rings. The van der Waals surface area contributed by atoms with E-state index in [0.29, 0.717) is 42.8 Å². The summed E-state index contributed by atoms with van der Waals surface area (Å²) in [7, 11) is -3.66. The Balaban J connectivity index is 1.66. The molecule has 15 heteroatoms. The van der Waals surface area contributed by atoms with Crippen LogP contribution >= 0.6 is 11.6 Å². The van der Waals surface area contributed by atoms with Crippen molar-refractivity contribution in [1.29, 1.82) is 0 Å². The van der Waals surface area contributed by atoms with Gasteiger partial charge in [-0.25, -0.2) is 35.4 Å². The van der Waals surface area contributed by atoms with Crippen molar-refractivity contribution >= 4 is 43.3 Å². The summed E-state index contributed by atoms with van der Waals surface area (Å²) >= 11 is 5.85. The lowest BCUT2D eigenvalue weighted by Gasteiger charge is -2.36. The monoisotopic (exact) mass is 557 g/mol. The van der Waals surface area contributed by atoms with Gasteiger partial charge < -0.3 is 9.80 Å².